The maximum Gasteiger partial charge on any atom is 0.372 e. The van der Waals surface area contributed by atoms with Crippen molar-refractivity contribution >= 4 is 21.9 Å². The van der Waals surface area contributed by atoms with Gasteiger partial charge in [0.1, 0.15) is 6.26 Å². The molecule has 15 heavy (non-hydrogen) atoms. The highest BCUT2D eigenvalue weighted by atomic mass is 79.9. The van der Waals surface area contributed by atoms with Gasteiger partial charge in [0.2, 0.25) is 5.76 Å². The van der Waals surface area contributed by atoms with Crippen LogP contribution in [0.4, 0.5) is 0 Å². The van der Waals surface area contributed by atoms with Crippen molar-refractivity contribution in [2.24, 2.45) is 0 Å². The van der Waals surface area contributed by atoms with Crippen molar-refractivity contribution < 1.29 is 14.3 Å². The molecule has 0 spiro atoms. The number of carbonyl (C=O) groups is 1. The van der Waals surface area contributed by atoms with Crippen LogP contribution in [0.3, 0.4) is 0 Å². The van der Waals surface area contributed by atoms with Crippen molar-refractivity contribution in [1.82, 2.24) is 0 Å². The number of hydrogen-bond donors (Lipinski definition) is 1. The highest BCUT2D eigenvalue weighted by Gasteiger charge is 2.19. The maximum absolute atomic E-state index is 10.9. The summed E-state index contributed by atoms with van der Waals surface area (Å²) in [6.07, 6.45) is 1.38. The predicted octanol–water partition coefficient (Wildman–Crippen LogP) is 3.41. The zero-order chi connectivity index (χ0) is 10.8. The molecule has 2 aromatic rings. The summed E-state index contributed by atoms with van der Waals surface area (Å²) in [6.45, 7) is 0. The van der Waals surface area contributed by atoms with Gasteiger partial charge >= 0.3 is 5.97 Å². The normalized spacial score (nSPS) is 10.2. The molecule has 1 aromatic heterocycles. The third-order valence-electron chi connectivity index (χ3n) is 2.00. The van der Waals surface area contributed by atoms with Crippen LogP contribution in [-0.2, 0) is 0 Å². The Hall–Kier alpha value is -1.55. The van der Waals surface area contributed by atoms with Gasteiger partial charge in [-0.1, -0.05) is 30.3 Å². The van der Waals surface area contributed by atoms with E-state index in [1.807, 2.05) is 30.3 Å². The lowest BCUT2D eigenvalue weighted by Gasteiger charge is -1.99. The summed E-state index contributed by atoms with van der Waals surface area (Å²) in [5, 5.41) is 8.93. The largest absolute Gasteiger partial charge is 0.475 e. The van der Waals surface area contributed by atoms with Crippen LogP contribution in [0.5, 0.6) is 0 Å². The van der Waals surface area contributed by atoms with Crippen LogP contribution in [0.1, 0.15) is 10.6 Å². The molecule has 0 radical (unpaired) electrons. The molecule has 0 aliphatic carbocycles. The van der Waals surface area contributed by atoms with E-state index in [0.717, 1.165) is 5.56 Å². The standard InChI is InChI=1S/C11H7BrO3/c12-8-6-15-10(11(13)14)9(8)7-4-2-1-3-5-7/h1-6H,(H,13,14). The molecule has 1 aromatic carbocycles. The molecule has 0 amide bonds. The molecule has 3 nitrogen and oxygen atoms in total. The Bertz CT molecular complexity index is 488. The molecule has 0 unspecified atom stereocenters. The molecule has 0 atom stereocenters. The molecule has 0 bridgehead atoms. The first kappa shape index (κ1) is 9.98. The highest BCUT2D eigenvalue weighted by molar-refractivity contribution is 9.10. The van der Waals surface area contributed by atoms with Crippen molar-refractivity contribution in [2.75, 3.05) is 0 Å². The van der Waals surface area contributed by atoms with Gasteiger partial charge in [0.25, 0.3) is 0 Å². The molecule has 0 aliphatic heterocycles. The summed E-state index contributed by atoms with van der Waals surface area (Å²) in [6, 6.07) is 9.24. The number of benzene rings is 1. The second-order valence-corrected chi connectivity index (χ2v) is 3.81. The van der Waals surface area contributed by atoms with E-state index in [2.05, 4.69) is 15.9 Å². The maximum atomic E-state index is 10.9. The molecular formula is C11H7BrO3. The van der Waals surface area contributed by atoms with Crippen LogP contribution in [0.25, 0.3) is 11.1 Å². The number of rotatable bonds is 2. The fourth-order valence-corrected chi connectivity index (χ4v) is 1.87. The third-order valence-corrected chi connectivity index (χ3v) is 2.59. The molecular weight excluding hydrogens is 260 g/mol. The van der Waals surface area contributed by atoms with E-state index < -0.39 is 5.97 Å². The van der Waals surface area contributed by atoms with E-state index in [4.69, 9.17) is 9.52 Å². The van der Waals surface area contributed by atoms with E-state index in [0.29, 0.717) is 10.0 Å². The molecule has 0 fully saturated rings. The van der Waals surface area contributed by atoms with E-state index >= 15 is 0 Å². The Morgan fingerprint density at radius 1 is 1.27 bits per heavy atom. The summed E-state index contributed by atoms with van der Waals surface area (Å²) >= 11 is 3.27. The van der Waals surface area contributed by atoms with Gasteiger partial charge in [-0.05, 0) is 21.5 Å². The molecule has 1 N–H and O–H groups in total. The molecule has 1 heterocycles. The topological polar surface area (TPSA) is 50.4 Å². The van der Waals surface area contributed by atoms with Gasteiger partial charge in [0.05, 0.1) is 4.47 Å². The Kier molecular flexibility index (Phi) is 2.60. The minimum absolute atomic E-state index is 0.0481. The van der Waals surface area contributed by atoms with Crippen molar-refractivity contribution in [3.63, 3.8) is 0 Å². The molecule has 76 valence electrons. The second kappa shape index (κ2) is 3.90. The highest BCUT2D eigenvalue weighted by Crippen LogP contribution is 2.33. The quantitative estimate of drug-likeness (QED) is 0.907. The van der Waals surface area contributed by atoms with Crippen molar-refractivity contribution in [3.8, 4) is 11.1 Å². The predicted molar refractivity (Wildman–Crippen MR) is 58.8 cm³/mol. The van der Waals surface area contributed by atoms with Crippen LogP contribution in [0.15, 0.2) is 45.5 Å². The van der Waals surface area contributed by atoms with E-state index in [1.54, 1.807) is 0 Å². The Morgan fingerprint density at radius 3 is 2.53 bits per heavy atom. The van der Waals surface area contributed by atoms with Crippen LogP contribution >= 0.6 is 15.9 Å². The first-order chi connectivity index (χ1) is 7.20. The number of hydrogen-bond acceptors (Lipinski definition) is 2. The van der Waals surface area contributed by atoms with Crippen LogP contribution in [0, 0.1) is 0 Å². The average Bonchev–Trinajstić information content (AvgIpc) is 2.61. The van der Waals surface area contributed by atoms with Gasteiger partial charge in [0.15, 0.2) is 0 Å². The zero-order valence-corrected chi connectivity index (χ0v) is 9.19. The molecule has 0 aliphatic rings. The first-order valence-electron chi connectivity index (χ1n) is 4.26. The minimum atomic E-state index is -1.07. The van der Waals surface area contributed by atoms with E-state index in [-0.39, 0.29) is 5.76 Å². The molecule has 2 rings (SSSR count). The van der Waals surface area contributed by atoms with E-state index in [9.17, 15) is 4.79 Å². The van der Waals surface area contributed by atoms with Gasteiger partial charge in [-0.3, -0.25) is 0 Å². The average molecular weight is 267 g/mol. The van der Waals surface area contributed by atoms with Crippen molar-refractivity contribution in [2.45, 2.75) is 0 Å². The van der Waals surface area contributed by atoms with E-state index in [1.165, 1.54) is 6.26 Å². The van der Waals surface area contributed by atoms with Crippen LogP contribution < -0.4 is 0 Å². The summed E-state index contributed by atoms with van der Waals surface area (Å²) in [4.78, 5) is 10.9. The number of aromatic carboxylic acids is 1. The minimum Gasteiger partial charge on any atom is -0.475 e. The SMILES string of the molecule is O=C(O)c1occ(Br)c1-c1ccccc1. The third kappa shape index (κ3) is 1.80. The fourth-order valence-electron chi connectivity index (χ4n) is 1.37. The lowest BCUT2D eigenvalue weighted by Crippen LogP contribution is -1.95. The van der Waals surface area contributed by atoms with Crippen molar-refractivity contribution in [3.05, 3.63) is 46.8 Å². The van der Waals surface area contributed by atoms with Crippen molar-refractivity contribution in [1.29, 1.82) is 0 Å². The molecule has 0 saturated heterocycles. The number of carboxylic acids is 1. The van der Waals surface area contributed by atoms with Gasteiger partial charge < -0.3 is 9.52 Å². The van der Waals surface area contributed by atoms with Gasteiger partial charge in [-0.2, -0.15) is 0 Å². The number of furan rings is 1. The van der Waals surface area contributed by atoms with Gasteiger partial charge in [-0.15, -0.1) is 0 Å². The Morgan fingerprint density at radius 2 is 1.93 bits per heavy atom. The van der Waals surface area contributed by atoms with Crippen LogP contribution in [-0.4, -0.2) is 11.1 Å². The Labute approximate surface area is 94.5 Å². The summed E-state index contributed by atoms with van der Waals surface area (Å²) in [7, 11) is 0. The zero-order valence-electron chi connectivity index (χ0n) is 7.61. The monoisotopic (exact) mass is 266 g/mol. The fraction of sp³-hybridized carbons (Fsp3) is 0. The first-order valence-corrected chi connectivity index (χ1v) is 5.05. The Balaban J connectivity index is 2.62. The summed E-state index contributed by atoms with van der Waals surface area (Å²) in [5.41, 5.74) is 1.39. The number of halogens is 1. The van der Waals surface area contributed by atoms with Crippen LogP contribution in [0.2, 0.25) is 0 Å². The number of carboxylic acid groups (broad SMARTS) is 1. The lowest BCUT2D eigenvalue weighted by atomic mass is 10.1. The lowest BCUT2D eigenvalue weighted by molar-refractivity contribution is 0.0663. The van der Waals surface area contributed by atoms with Gasteiger partial charge in [-0.25, -0.2) is 4.79 Å². The summed E-state index contributed by atoms with van der Waals surface area (Å²) < 4.78 is 5.61. The smallest absolute Gasteiger partial charge is 0.372 e. The van der Waals surface area contributed by atoms with Gasteiger partial charge in [0, 0.05) is 5.56 Å². The second-order valence-electron chi connectivity index (χ2n) is 2.96. The molecule has 4 heteroatoms. The molecule has 0 saturated carbocycles. The summed E-state index contributed by atoms with van der Waals surface area (Å²) in [5.74, 6) is -1.12.